The molecule has 1 rings (SSSR count). The molecule has 1 aromatic carbocycles. The first-order chi connectivity index (χ1) is 10.5. The zero-order valence-corrected chi connectivity index (χ0v) is 17.0. The van der Waals surface area contributed by atoms with Crippen molar-refractivity contribution >= 4 is 18.9 Å². The van der Waals surface area contributed by atoms with Gasteiger partial charge in [0.25, 0.3) is 0 Å². The summed E-state index contributed by atoms with van der Waals surface area (Å²) >= 11 is 2.42. The predicted octanol–water partition coefficient (Wildman–Crippen LogP) is 5.00. The van der Waals surface area contributed by atoms with Crippen molar-refractivity contribution in [1.29, 1.82) is 0 Å². The summed E-state index contributed by atoms with van der Waals surface area (Å²) in [5.41, 5.74) is 3.12. The molecule has 0 atom stereocenters. The average molecular weight is 392 g/mol. The minimum atomic E-state index is 0. The Kier molecular flexibility index (Phi) is 13.0. The Labute approximate surface area is 168 Å². The molecule has 0 bridgehead atoms. The Hall–Kier alpha value is 0.466. The topological polar surface area (TPSA) is 3.24 Å². The van der Waals surface area contributed by atoms with E-state index in [0.29, 0.717) is 3.80 Å². The zero-order chi connectivity index (χ0) is 16.4. The van der Waals surface area contributed by atoms with Crippen LogP contribution >= 0.6 is 0 Å². The van der Waals surface area contributed by atoms with Gasteiger partial charge >= 0.3 is 169 Å². The molecule has 0 aromatic heterocycles. The van der Waals surface area contributed by atoms with E-state index in [1.165, 1.54) is 56.9 Å². The first kappa shape index (κ1) is 23.5. The molecular weight excluding hydrogens is 357 g/mol. The molecule has 127 valence electrons. The van der Waals surface area contributed by atoms with Crippen LogP contribution in [0.15, 0.2) is 24.3 Å². The second-order valence-corrected chi connectivity index (χ2v) is 8.72. The fourth-order valence-corrected chi connectivity index (χ4v) is 4.36. The third-order valence-corrected chi connectivity index (χ3v) is 5.91. The Morgan fingerprint density at radius 1 is 0.913 bits per heavy atom. The van der Waals surface area contributed by atoms with Crippen LogP contribution in [0.2, 0.25) is 0 Å². The molecule has 3 heteroatoms. The van der Waals surface area contributed by atoms with Gasteiger partial charge in [-0.25, -0.2) is 0 Å². The molecule has 0 radical (unpaired) electrons. The van der Waals surface area contributed by atoms with Crippen LogP contribution < -0.4 is 0 Å². The van der Waals surface area contributed by atoms with Crippen molar-refractivity contribution in [1.82, 2.24) is 4.90 Å². The van der Waals surface area contributed by atoms with E-state index in [-0.39, 0.29) is 18.9 Å². The number of unbranched alkanes of at least 4 members (excludes halogenated alkanes) is 4. The van der Waals surface area contributed by atoms with Crippen LogP contribution in [0.25, 0.3) is 0 Å². The van der Waals surface area contributed by atoms with E-state index in [1.807, 2.05) is 0 Å². The molecule has 0 fully saturated rings. The van der Waals surface area contributed by atoms with Gasteiger partial charge in [0.05, 0.1) is 0 Å². The summed E-state index contributed by atoms with van der Waals surface area (Å²) in [6.07, 6.45) is 10.7. The summed E-state index contributed by atoms with van der Waals surface area (Å²) < 4.78 is 0.354. The van der Waals surface area contributed by atoms with Gasteiger partial charge in [0.1, 0.15) is 0 Å². The summed E-state index contributed by atoms with van der Waals surface area (Å²) in [6.45, 7) is 5.65. The van der Waals surface area contributed by atoms with Crippen molar-refractivity contribution in [3.05, 3.63) is 35.4 Å². The maximum atomic E-state index is 2.42. The van der Waals surface area contributed by atoms with Crippen LogP contribution in [0.4, 0.5) is 0 Å². The fraction of sp³-hybridized carbons (Fsp3) is 0.700. The molecule has 1 nitrogen and oxygen atoms in total. The molecular formula is C20H35LiMoN. The summed E-state index contributed by atoms with van der Waals surface area (Å²) in [7, 11) is 4.34. The fourth-order valence-electron chi connectivity index (χ4n) is 3.16. The molecule has 0 saturated carbocycles. The monoisotopic (exact) mass is 394 g/mol. The zero-order valence-electron chi connectivity index (χ0n) is 15.0. The van der Waals surface area contributed by atoms with E-state index in [2.05, 4.69) is 76.9 Å². The molecule has 0 saturated heterocycles. The molecule has 0 aliphatic heterocycles. The quantitative estimate of drug-likeness (QED) is 0.378. The molecule has 0 heterocycles. The second kappa shape index (κ2) is 12.8. The Morgan fingerprint density at radius 2 is 1.43 bits per heavy atom. The maximum absolute atomic E-state index is 2.42. The van der Waals surface area contributed by atoms with E-state index < -0.39 is 0 Å². The van der Waals surface area contributed by atoms with Gasteiger partial charge in [0.15, 0.2) is 0 Å². The number of hydrogen-bond acceptors (Lipinski definition) is 1. The normalized spacial score (nSPS) is 11.5. The summed E-state index contributed by atoms with van der Waals surface area (Å²) in [4.78, 5) is 2.29. The van der Waals surface area contributed by atoms with Gasteiger partial charge in [-0.05, 0) is 0 Å². The van der Waals surface area contributed by atoms with Crippen molar-refractivity contribution in [2.24, 2.45) is 0 Å². The Morgan fingerprint density at radius 3 is 1.91 bits per heavy atom. The van der Waals surface area contributed by atoms with Gasteiger partial charge in [-0.15, -0.1) is 0 Å². The van der Waals surface area contributed by atoms with Crippen molar-refractivity contribution in [2.75, 3.05) is 14.1 Å². The van der Waals surface area contributed by atoms with Gasteiger partial charge in [-0.3, -0.25) is 0 Å². The SMILES string of the molecule is CCCCC[C]([Mo])(CCCCC)c1ccccc1CN(C)C.[LiH]. The molecule has 0 aliphatic rings. The number of rotatable bonds is 11. The van der Waals surface area contributed by atoms with Crippen molar-refractivity contribution in [2.45, 2.75) is 75.6 Å². The van der Waals surface area contributed by atoms with Gasteiger partial charge in [-0.2, -0.15) is 0 Å². The molecule has 0 spiro atoms. The summed E-state index contributed by atoms with van der Waals surface area (Å²) in [6, 6.07) is 9.14. The van der Waals surface area contributed by atoms with E-state index in [9.17, 15) is 0 Å². The van der Waals surface area contributed by atoms with Crippen LogP contribution in [0.3, 0.4) is 0 Å². The van der Waals surface area contributed by atoms with Crippen LogP contribution in [0.1, 0.15) is 76.3 Å². The van der Waals surface area contributed by atoms with Gasteiger partial charge < -0.3 is 0 Å². The number of benzene rings is 1. The molecule has 0 unspecified atom stereocenters. The van der Waals surface area contributed by atoms with Crippen molar-refractivity contribution in [3.63, 3.8) is 0 Å². The first-order valence-electron chi connectivity index (χ1n) is 8.97. The number of hydrogen-bond donors (Lipinski definition) is 0. The van der Waals surface area contributed by atoms with E-state index in [1.54, 1.807) is 5.56 Å². The van der Waals surface area contributed by atoms with Crippen LogP contribution in [-0.4, -0.2) is 37.9 Å². The van der Waals surface area contributed by atoms with Crippen LogP contribution in [-0.2, 0) is 30.2 Å². The van der Waals surface area contributed by atoms with Crippen molar-refractivity contribution in [3.8, 4) is 0 Å². The summed E-state index contributed by atoms with van der Waals surface area (Å²) in [5, 5.41) is 0. The predicted molar refractivity (Wildman–Crippen MR) is 101 cm³/mol. The average Bonchev–Trinajstić information content (AvgIpc) is 2.48. The number of nitrogens with zero attached hydrogens (tertiary/aromatic N) is 1. The Balaban J connectivity index is 0.00000484. The van der Waals surface area contributed by atoms with Gasteiger partial charge in [-0.1, -0.05) is 0 Å². The molecule has 0 aliphatic carbocycles. The third kappa shape index (κ3) is 8.40. The molecule has 1 aromatic rings. The van der Waals surface area contributed by atoms with Gasteiger partial charge in [0.2, 0.25) is 0 Å². The Bertz CT molecular complexity index is 410. The second-order valence-electron chi connectivity index (χ2n) is 6.80. The van der Waals surface area contributed by atoms with E-state index >= 15 is 0 Å². The van der Waals surface area contributed by atoms with Crippen LogP contribution in [0.5, 0.6) is 0 Å². The van der Waals surface area contributed by atoms with E-state index in [0.717, 1.165) is 6.54 Å². The first-order valence-corrected chi connectivity index (χ1v) is 9.97. The molecule has 0 amide bonds. The van der Waals surface area contributed by atoms with Gasteiger partial charge in [0, 0.05) is 0 Å². The van der Waals surface area contributed by atoms with Crippen molar-refractivity contribution < 1.29 is 19.8 Å². The summed E-state index contributed by atoms with van der Waals surface area (Å²) in [5.74, 6) is 0. The molecule has 23 heavy (non-hydrogen) atoms. The third-order valence-electron chi connectivity index (χ3n) is 4.36. The van der Waals surface area contributed by atoms with E-state index in [4.69, 9.17) is 0 Å². The standard InChI is InChI=1S/C20H34N.Li.Mo.H/c1-5-7-9-13-18(14-10-8-6-2)20-16-12-11-15-19(20)17-21(3)4;;;/h11-12,15-16H,5-10,13-14,17H2,1-4H3;;;. The van der Waals surface area contributed by atoms with Crippen LogP contribution in [0, 0.1) is 0 Å². The molecule has 0 N–H and O–H groups in total. The minimum absolute atomic E-state index is 0.